The third-order valence-corrected chi connectivity index (χ3v) is 2.28. The Morgan fingerprint density at radius 1 is 0.941 bits per heavy atom. The first-order chi connectivity index (χ1) is 8.20. The van der Waals surface area contributed by atoms with Gasteiger partial charge in [-0.25, -0.2) is 9.59 Å². The van der Waals surface area contributed by atoms with E-state index in [0.29, 0.717) is 5.75 Å². The lowest BCUT2D eigenvalue weighted by Crippen LogP contribution is -2.21. The van der Waals surface area contributed by atoms with Crippen LogP contribution in [0.15, 0.2) is 42.5 Å². The van der Waals surface area contributed by atoms with Crippen molar-refractivity contribution in [2.75, 3.05) is 7.11 Å². The number of benzene rings is 2. The van der Waals surface area contributed by atoms with Crippen LogP contribution in [0.2, 0.25) is 0 Å². The maximum Gasteiger partial charge on any atom is 0.422 e. The number of carbonyl (C=O) groups is 2. The number of ether oxygens (including phenoxy) is 2. The summed E-state index contributed by atoms with van der Waals surface area (Å²) in [4.78, 5) is 22.1. The van der Waals surface area contributed by atoms with Gasteiger partial charge in [-0.1, -0.05) is 30.3 Å². The molecule has 0 fully saturated rings. The van der Waals surface area contributed by atoms with E-state index in [-0.39, 0.29) is 0 Å². The maximum atomic E-state index is 11.2. The lowest BCUT2D eigenvalue weighted by molar-refractivity contribution is -0.160. The van der Waals surface area contributed by atoms with Crippen LogP contribution in [0.3, 0.4) is 0 Å². The highest BCUT2D eigenvalue weighted by molar-refractivity contribution is 6.30. The van der Waals surface area contributed by atoms with Crippen molar-refractivity contribution >= 4 is 22.7 Å². The molecule has 0 aliphatic rings. The van der Waals surface area contributed by atoms with E-state index in [1.165, 1.54) is 0 Å². The largest absolute Gasteiger partial charge is 0.461 e. The second-order valence-corrected chi connectivity index (χ2v) is 3.39. The number of rotatable bonds is 1. The molecule has 0 atom stereocenters. The molecule has 0 amide bonds. The Balaban J connectivity index is 2.25. The van der Waals surface area contributed by atoms with E-state index in [2.05, 4.69) is 4.74 Å². The first-order valence-corrected chi connectivity index (χ1v) is 4.99. The van der Waals surface area contributed by atoms with E-state index >= 15 is 0 Å². The predicted molar refractivity (Wildman–Crippen MR) is 61.6 cm³/mol. The van der Waals surface area contributed by atoms with Crippen LogP contribution in [0.5, 0.6) is 5.75 Å². The third-order valence-electron chi connectivity index (χ3n) is 2.28. The minimum atomic E-state index is -1.03. The van der Waals surface area contributed by atoms with Crippen LogP contribution in [0.4, 0.5) is 0 Å². The molecule has 4 nitrogen and oxygen atoms in total. The van der Waals surface area contributed by atoms with E-state index in [0.717, 1.165) is 17.9 Å². The molecule has 0 unspecified atom stereocenters. The number of fused-ring (bicyclic) bond motifs is 1. The Morgan fingerprint density at radius 3 is 2.35 bits per heavy atom. The lowest BCUT2D eigenvalue weighted by Gasteiger charge is -2.04. The SMILES string of the molecule is COC(=O)C(=O)Oc1ccc2ccccc2c1. The van der Waals surface area contributed by atoms with Crippen molar-refractivity contribution in [3.8, 4) is 5.75 Å². The molecule has 0 bridgehead atoms. The Hall–Kier alpha value is -2.36. The van der Waals surface area contributed by atoms with Gasteiger partial charge in [-0.2, -0.15) is 0 Å². The monoisotopic (exact) mass is 230 g/mol. The second kappa shape index (κ2) is 4.65. The van der Waals surface area contributed by atoms with Gasteiger partial charge in [0.25, 0.3) is 0 Å². The van der Waals surface area contributed by atoms with E-state index in [1.807, 2.05) is 30.3 Å². The summed E-state index contributed by atoms with van der Waals surface area (Å²) in [5.74, 6) is -1.72. The number of methoxy groups -OCH3 is 1. The molecule has 0 N–H and O–H groups in total. The normalized spacial score (nSPS) is 9.94. The first kappa shape index (κ1) is 11.1. The summed E-state index contributed by atoms with van der Waals surface area (Å²) in [6.07, 6.45) is 0. The van der Waals surface area contributed by atoms with Crippen LogP contribution in [0.25, 0.3) is 10.8 Å². The van der Waals surface area contributed by atoms with Crippen molar-refractivity contribution in [2.45, 2.75) is 0 Å². The standard InChI is InChI=1S/C13H10O4/c1-16-12(14)13(15)17-11-7-6-9-4-2-3-5-10(9)8-11/h2-8H,1H3. The zero-order chi connectivity index (χ0) is 12.3. The minimum absolute atomic E-state index is 0.319. The van der Waals surface area contributed by atoms with Gasteiger partial charge in [0, 0.05) is 0 Å². The topological polar surface area (TPSA) is 52.6 Å². The molecular formula is C13H10O4. The first-order valence-electron chi connectivity index (χ1n) is 4.99. The molecule has 0 aliphatic heterocycles. The number of carbonyl (C=O) groups excluding carboxylic acids is 2. The van der Waals surface area contributed by atoms with Crippen molar-refractivity contribution in [2.24, 2.45) is 0 Å². The quantitative estimate of drug-likeness (QED) is 0.426. The fourth-order valence-corrected chi connectivity index (χ4v) is 1.46. The molecular weight excluding hydrogens is 220 g/mol. The van der Waals surface area contributed by atoms with Crippen LogP contribution in [-0.4, -0.2) is 19.0 Å². The van der Waals surface area contributed by atoms with E-state index in [9.17, 15) is 9.59 Å². The van der Waals surface area contributed by atoms with Gasteiger partial charge in [0.15, 0.2) is 0 Å². The number of hydrogen-bond donors (Lipinski definition) is 0. The Labute approximate surface area is 97.8 Å². The van der Waals surface area contributed by atoms with Crippen LogP contribution < -0.4 is 4.74 Å². The fourth-order valence-electron chi connectivity index (χ4n) is 1.46. The predicted octanol–water partition coefficient (Wildman–Crippen LogP) is 1.92. The van der Waals surface area contributed by atoms with E-state index in [1.54, 1.807) is 12.1 Å². The summed E-state index contributed by atoms with van der Waals surface area (Å²) < 4.78 is 9.12. The molecule has 0 saturated carbocycles. The number of hydrogen-bond acceptors (Lipinski definition) is 4. The lowest BCUT2D eigenvalue weighted by atomic mass is 10.1. The molecule has 2 aromatic rings. The van der Waals surface area contributed by atoms with Crippen LogP contribution >= 0.6 is 0 Å². The van der Waals surface area contributed by atoms with Crippen molar-refractivity contribution in [3.63, 3.8) is 0 Å². The van der Waals surface area contributed by atoms with Gasteiger partial charge in [0.1, 0.15) is 5.75 Å². The Kier molecular flexibility index (Phi) is 3.05. The van der Waals surface area contributed by atoms with Crippen molar-refractivity contribution in [1.82, 2.24) is 0 Å². The van der Waals surface area contributed by atoms with Crippen LogP contribution in [-0.2, 0) is 14.3 Å². The van der Waals surface area contributed by atoms with Crippen molar-refractivity contribution in [1.29, 1.82) is 0 Å². The van der Waals surface area contributed by atoms with Gasteiger partial charge < -0.3 is 9.47 Å². The van der Waals surface area contributed by atoms with E-state index < -0.39 is 11.9 Å². The summed E-state index contributed by atoms with van der Waals surface area (Å²) in [5.41, 5.74) is 0. The summed E-state index contributed by atoms with van der Waals surface area (Å²) in [6.45, 7) is 0. The van der Waals surface area contributed by atoms with Gasteiger partial charge >= 0.3 is 11.9 Å². The highest BCUT2D eigenvalue weighted by atomic mass is 16.6. The highest BCUT2D eigenvalue weighted by Crippen LogP contribution is 2.20. The molecule has 4 heteroatoms. The van der Waals surface area contributed by atoms with Crippen molar-refractivity contribution in [3.05, 3.63) is 42.5 Å². The molecule has 2 aromatic carbocycles. The molecule has 0 radical (unpaired) electrons. The van der Waals surface area contributed by atoms with Gasteiger partial charge in [-0.3, -0.25) is 0 Å². The molecule has 17 heavy (non-hydrogen) atoms. The van der Waals surface area contributed by atoms with Gasteiger partial charge in [0.05, 0.1) is 7.11 Å². The van der Waals surface area contributed by atoms with Crippen LogP contribution in [0.1, 0.15) is 0 Å². The van der Waals surface area contributed by atoms with Gasteiger partial charge in [-0.15, -0.1) is 0 Å². The summed E-state index contributed by atoms with van der Waals surface area (Å²) in [6, 6.07) is 12.8. The molecule has 0 spiro atoms. The highest BCUT2D eigenvalue weighted by Gasteiger charge is 2.16. The minimum Gasteiger partial charge on any atom is -0.461 e. The molecule has 0 aliphatic carbocycles. The zero-order valence-electron chi connectivity index (χ0n) is 9.17. The molecule has 0 heterocycles. The average molecular weight is 230 g/mol. The summed E-state index contributed by atoms with van der Waals surface area (Å²) >= 11 is 0. The number of esters is 2. The molecule has 0 aromatic heterocycles. The van der Waals surface area contributed by atoms with Gasteiger partial charge in [-0.05, 0) is 22.9 Å². The Bertz CT molecular complexity index is 574. The fraction of sp³-hybridized carbons (Fsp3) is 0.0769. The van der Waals surface area contributed by atoms with Crippen molar-refractivity contribution < 1.29 is 19.1 Å². The third kappa shape index (κ3) is 2.42. The van der Waals surface area contributed by atoms with Gasteiger partial charge in [0.2, 0.25) is 0 Å². The van der Waals surface area contributed by atoms with E-state index in [4.69, 9.17) is 4.74 Å². The Morgan fingerprint density at radius 2 is 1.65 bits per heavy atom. The molecule has 0 saturated heterocycles. The summed E-state index contributed by atoms with van der Waals surface area (Å²) in [5, 5.41) is 1.97. The zero-order valence-corrected chi connectivity index (χ0v) is 9.17. The average Bonchev–Trinajstić information content (AvgIpc) is 2.37. The van der Waals surface area contributed by atoms with Crippen LogP contribution in [0, 0.1) is 0 Å². The second-order valence-electron chi connectivity index (χ2n) is 3.39. The molecule has 2 rings (SSSR count). The smallest absolute Gasteiger partial charge is 0.422 e. The maximum absolute atomic E-state index is 11.2. The summed E-state index contributed by atoms with van der Waals surface area (Å²) in [7, 11) is 1.13. The molecule has 86 valence electrons.